The summed E-state index contributed by atoms with van der Waals surface area (Å²) >= 11 is 1.35. The van der Waals surface area contributed by atoms with Gasteiger partial charge in [0.1, 0.15) is 29.3 Å². The molecule has 36 heavy (non-hydrogen) atoms. The van der Waals surface area contributed by atoms with Crippen LogP contribution in [0.25, 0.3) is 0 Å². The summed E-state index contributed by atoms with van der Waals surface area (Å²) < 4.78 is 12.7. The molecule has 1 aromatic carbocycles. The number of anilines is 1. The SMILES string of the molecule is COc1cccc(C(C)CC(=O)Nc2sc3c(c2C#N)CCN(C(=O)OCCn2ccnc2C)C3)c1. The molecular weight excluding hydrogens is 478 g/mol. The molecule has 2 amide bonds. The summed E-state index contributed by atoms with van der Waals surface area (Å²) in [5.41, 5.74) is 2.39. The number of aryl methyl sites for hydroxylation is 1. The molecule has 0 radical (unpaired) electrons. The average Bonchev–Trinajstić information content (AvgIpc) is 3.45. The Morgan fingerprint density at radius 3 is 2.92 bits per heavy atom. The van der Waals surface area contributed by atoms with E-state index in [0.717, 1.165) is 27.6 Å². The molecule has 188 valence electrons. The number of hydrogen-bond acceptors (Lipinski definition) is 7. The van der Waals surface area contributed by atoms with Gasteiger partial charge in [-0.25, -0.2) is 9.78 Å². The maximum Gasteiger partial charge on any atom is 0.410 e. The second-order valence-corrected chi connectivity index (χ2v) is 9.81. The largest absolute Gasteiger partial charge is 0.497 e. The summed E-state index contributed by atoms with van der Waals surface area (Å²) in [7, 11) is 1.61. The Bertz CT molecular complexity index is 1290. The van der Waals surface area contributed by atoms with Gasteiger partial charge in [0.25, 0.3) is 0 Å². The second-order valence-electron chi connectivity index (χ2n) is 8.70. The zero-order valence-corrected chi connectivity index (χ0v) is 21.4. The van der Waals surface area contributed by atoms with Gasteiger partial charge >= 0.3 is 6.09 Å². The number of fused-ring (bicyclic) bond motifs is 1. The molecule has 3 heterocycles. The standard InChI is InChI=1S/C26H29N5O4S/c1-17(19-5-4-6-20(14-19)34-3)13-24(32)29-25-22(15-27)21-7-9-31(16-23(21)36-25)26(33)35-12-11-30-10-8-28-18(30)2/h4-6,8,10,14,17H,7,9,11-13,16H2,1-3H3,(H,29,32). The van der Waals surface area contributed by atoms with Crippen LogP contribution >= 0.6 is 11.3 Å². The fourth-order valence-electron chi connectivity index (χ4n) is 4.25. The highest BCUT2D eigenvalue weighted by Gasteiger charge is 2.28. The van der Waals surface area contributed by atoms with E-state index in [1.165, 1.54) is 11.3 Å². The van der Waals surface area contributed by atoms with Crippen LogP contribution in [0.3, 0.4) is 0 Å². The Morgan fingerprint density at radius 1 is 1.36 bits per heavy atom. The van der Waals surface area contributed by atoms with Crippen LogP contribution in [-0.2, 0) is 29.0 Å². The zero-order valence-electron chi connectivity index (χ0n) is 20.6. The molecule has 10 heteroatoms. The average molecular weight is 508 g/mol. The van der Waals surface area contributed by atoms with Crippen LogP contribution in [-0.4, -0.2) is 46.7 Å². The lowest BCUT2D eigenvalue weighted by atomic mass is 9.97. The van der Waals surface area contributed by atoms with E-state index in [0.29, 0.717) is 36.6 Å². The fourth-order valence-corrected chi connectivity index (χ4v) is 5.48. The molecule has 0 spiro atoms. The Kier molecular flexibility index (Phi) is 7.90. The van der Waals surface area contributed by atoms with Crippen molar-refractivity contribution in [1.82, 2.24) is 14.5 Å². The minimum atomic E-state index is -0.386. The van der Waals surface area contributed by atoms with E-state index in [9.17, 15) is 14.9 Å². The van der Waals surface area contributed by atoms with Crippen molar-refractivity contribution in [3.8, 4) is 11.8 Å². The molecule has 1 N–H and O–H groups in total. The number of ether oxygens (including phenoxy) is 2. The Morgan fingerprint density at radius 2 is 2.19 bits per heavy atom. The molecule has 1 unspecified atom stereocenters. The molecule has 0 bridgehead atoms. The Hall–Kier alpha value is -3.84. The number of rotatable bonds is 8. The number of methoxy groups -OCH3 is 1. The highest BCUT2D eigenvalue weighted by Crippen LogP contribution is 2.37. The van der Waals surface area contributed by atoms with Gasteiger partial charge in [0.2, 0.25) is 5.91 Å². The summed E-state index contributed by atoms with van der Waals surface area (Å²) in [6, 6.07) is 9.90. The number of benzene rings is 1. The van der Waals surface area contributed by atoms with Crippen LogP contribution in [0.15, 0.2) is 36.7 Å². The van der Waals surface area contributed by atoms with E-state index >= 15 is 0 Å². The number of aromatic nitrogens is 2. The van der Waals surface area contributed by atoms with Crippen molar-refractivity contribution in [2.45, 2.75) is 45.7 Å². The first kappa shape index (κ1) is 25.3. The molecule has 0 fully saturated rings. The van der Waals surface area contributed by atoms with Gasteiger partial charge in [0, 0.05) is 30.2 Å². The highest BCUT2D eigenvalue weighted by molar-refractivity contribution is 7.16. The van der Waals surface area contributed by atoms with Crippen molar-refractivity contribution in [3.63, 3.8) is 0 Å². The molecular formula is C26H29N5O4S. The second kappa shape index (κ2) is 11.3. The topological polar surface area (TPSA) is 109 Å². The normalized spacial score (nSPS) is 13.4. The number of nitrogens with one attached hydrogen (secondary N) is 1. The lowest BCUT2D eigenvalue weighted by molar-refractivity contribution is -0.116. The first-order valence-electron chi connectivity index (χ1n) is 11.8. The predicted octanol–water partition coefficient (Wildman–Crippen LogP) is 4.46. The number of nitrogens with zero attached hydrogens (tertiary/aromatic N) is 4. The first-order chi connectivity index (χ1) is 17.4. The van der Waals surface area contributed by atoms with E-state index in [2.05, 4.69) is 16.4 Å². The van der Waals surface area contributed by atoms with Gasteiger partial charge in [0.05, 0.1) is 25.8 Å². The number of thiophene rings is 1. The van der Waals surface area contributed by atoms with Crippen molar-refractivity contribution >= 4 is 28.3 Å². The third-order valence-corrected chi connectivity index (χ3v) is 7.45. The van der Waals surface area contributed by atoms with E-state index in [1.54, 1.807) is 18.2 Å². The van der Waals surface area contributed by atoms with Crippen LogP contribution in [0.5, 0.6) is 5.75 Å². The van der Waals surface area contributed by atoms with Crippen LogP contribution in [0.2, 0.25) is 0 Å². The third-order valence-electron chi connectivity index (χ3n) is 6.32. The van der Waals surface area contributed by atoms with E-state index in [-0.39, 0.29) is 30.9 Å². The maximum atomic E-state index is 12.8. The van der Waals surface area contributed by atoms with Crippen molar-refractivity contribution < 1.29 is 19.1 Å². The number of nitriles is 1. The summed E-state index contributed by atoms with van der Waals surface area (Å²) in [4.78, 5) is 32.1. The Labute approximate surface area is 214 Å². The van der Waals surface area contributed by atoms with Gasteiger partial charge in [-0.15, -0.1) is 11.3 Å². The van der Waals surface area contributed by atoms with Crippen molar-refractivity contribution in [1.29, 1.82) is 5.26 Å². The molecule has 0 saturated heterocycles. The fraction of sp³-hybridized carbons (Fsp3) is 0.385. The van der Waals surface area contributed by atoms with Gasteiger partial charge in [0.15, 0.2) is 0 Å². The van der Waals surface area contributed by atoms with Crippen LogP contribution < -0.4 is 10.1 Å². The van der Waals surface area contributed by atoms with Gasteiger partial charge in [-0.1, -0.05) is 19.1 Å². The van der Waals surface area contributed by atoms with Gasteiger partial charge in [-0.3, -0.25) is 4.79 Å². The Balaban J connectivity index is 1.36. The van der Waals surface area contributed by atoms with E-state index in [4.69, 9.17) is 9.47 Å². The van der Waals surface area contributed by atoms with Crippen molar-refractivity contribution in [3.05, 3.63) is 64.1 Å². The highest BCUT2D eigenvalue weighted by atomic mass is 32.1. The van der Waals surface area contributed by atoms with E-state index in [1.807, 2.05) is 48.9 Å². The van der Waals surface area contributed by atoms with Crippen LogP contribution in [0, 0.1) is 18.3 Å². The molecule has 9 nitrogen and oxygen atoms in total. The number of carbonyl (C=O) groups is 2. The quantitative estimate of drug-likeness (QED) is 0.482. The summed E-state index contributed by atoms with van der Waals surface area (Å²) in [6.45, 7) is 5.48. The molecule has 2 aromatic heterocycles. The third kappa shape index (κ3) is 5.69. The molecule has 4 rings (SSSR count). The molecule has 1 atom stereocenters. The van der Waals surface area contributed by atoms with Crippen molar-refractivity contribution in [2.75, 3.05) is 25.6 Å². The molecule has 1 aliphatic rings. The lowest BCUT2D eigenvalue weighted by Gasteiger charge is -2.26. The first-order valence-corrected chi connectivity index (χ1v) is 12.6. The van der Waals surface area contributed by atoms with Crippen LogP contribution in [0.1, 0.15) is 46.7 Å². The van der Waals surface area contributed by atoms with E-state index < -0.39 is 0 Å². The molecule has 3 aromatic rings. The summed E-state index contributed by atoms with van der Waals surface area (Å²) in [6.07, 6.45) is 3.99. The predicted molar refractivity (Wildman–Crippen MR) is 136 cm³/mol. The maximum absolute atomic E-state index is 12.8. The van der Waals surface area contributed by atoms with Gasteiger partial charge in [-0.05, 0) is 42.5 Å². The monoisotopic (exact) mass is 507 g/mol. The number of imidazole rings is 1. The smallest absolute Gasteiger partial charge is 0.410 e. The zero-order chi connectivity index (χ0) is 25.7. The van der Waals surface area contributed by atoms with Crippen LogP contribution in [0.4, 0.5) is 9.80 Å². The molecule has 1 aliphatic heterocycles. The number of carbonyl (C=O) groups excluding carboxylic acids is 2. The van der Waals surface area contributed by atoms with Gasteiger partial charge < -0.3 is 24.3 Å². The molecule has 0 saturated carbocycles. The minimum absolute atomic E-state index is 0.0170. The lowest BCUT2D eigenvalue weighted by Crippen LogP contribution is -2.36. The van der Waals surface area contributed by atoms with Gasteiger partial charge in [-0.2, -0.15) is 5.26 Å². The minimum Gasteiger partial charge on any atom is -0.497 e. The summed E-state index contributed by atoms with van der Waals surface area (Å²) in [5.74, 6) is 1.43. The number of hydrogen-bond donors (Lipinski definition) is 1. The van der Waals surface area contributed by atoms with Crippen molar-refractivity contribution in [2.24, 2.45) is 0 Å². The number of amides is 2. The molecule has 0 aliphatic carbocycles. The summed E-state index contributed by atoms with van der Waals surface area (Å²) in [5, 5.41) is 13.2.